The van der Waals surface area contributed by atoms with Gasteiger partial charge in [0.25, 0.3) is 5.91 Å². The lowest BCUT2D eigenvalue weighted by atomic mass is 10.00. The molecule has 2 heterocycles. The SMILES string of the molecule is CCN(CC)C1CCN(C(=O)c2nn(C)c(-c3cccc(-c4cccc(Cl)c4)c3)c2C)C1. The van der Waals surface area contributed by atoms with Gasteiger partial charge in [-0.05, 0) is 55.8 Å². The molecule has 2 aromatic carbocycles. The van der Waals surface area contributed by atoms with E-state index in [4.69, 9.17) is 11.6 Å². The van der Waals surface area contributed by atoms with Gasteiger partial charge in [-0.2, -0.15) is 5.10 Å². The first-order chi connectivity index (χ1) is 15.4. The number of nitrogens with zero attached hydrogens (tertiary/aromatic N) is 4. The van der Waals surface area contributed by atoms with E-state index in [2.05, 4.69) is 48.1 Å². The molecule has 0 aliphatic carbocycles. The molecule has 0 N–H and O–H groups in total. The second kappa shape index (κ2) is 9.47. The fraction of sp³-hybridized carbons (Fsp3) is 0.385. The molecule has 3 aromatic rings. The Hall–Kier alpha value is -2.63. The van der Waals surface area contributed by atoms with Crippen LogP contribution in [0.2, 0.25) is 5.02 Å². The van der Waals surface area contributed by atoms with Gasteiger partial charge in [-0.1, -0.05) is 55.8 Å². The summed E-state index contributed by atoms with van der Waals surface area (Å²) in [5.41, 5.74) is 5.63. The Morgan fingerprint density at radius 1 is 1.09 bits per heavy atom. The van der Waals surface area contributed by atoms with E-state index in [1.165, 1.54) is 0 Å². The van der Waals surface area contributed by atoms with Crippen LogP contribution in [0.25, 0.3) is 22.4 Å². The van der Waals surface area contributed by atoms with Crippen molar-refractivity contribution in [2.24, 2.45) is 7.05 Å². The number of hydrogen-bond acceptors (Lipinski definition) is 3. The molecule has 0 spiro atoms. The Balaban J connectivity index is 1.62. The molecule has 4 rings (SSSR count). The number of carbonyl (C=O) groups is 1. The molecule has 6 heteroatoms. The summed E-state index contributed by atoms with van der Waals surface area (Å²) in [6, 6.07) is 16.6. The van der Waals surface area contributed by atoms with E-state index in [-0.39, 0.29) is 5.91 Å². The van der Waals surface area contributed by atoms with Crippen molar-refractivity contribution < 1.29 is 4.79 Å². The average molecular weight is 451 g/mol. The largest absolute Gasteiger partial charge is 0.336 e. The minimum atomic E-state index is 0.0324. The highest BCUT2D eigenvalue weighted by Crippen LogP contribution is 2.31. The van der Waals surface area contributed by atoms with Gasteiger partial charge < -0.3 is 4.90 Å². The van der Waals surface area contributed by atoms with Crippen molar-refractivity contribution in [2.45, 2.75) is 33.2 Å². The van der Waals surface area contributed by atoms with Crippen molar-refractivity contribution in [1.82, 2.24) is 19.6 Å². The highest BCUT2D eigenvalue weighted by molar-refractivity contribution is 6.30. The lowest BCUT2D eigenvalue weighted by molar-refractivity contribution is 0.0770. The van der Waals surface area contributed by atoms with Crippen LogP contribution in [-0.2, 0) is 7.05 Å². The van der Waals surface area contributed by atoms with E-state index < -0.39 is 0 Å². The molecule has 0 saturated carbocycles. The monoisotopic (exact) mass is 450 g/mol. The third-order valence-corrected chi connectivity index (χ3v) is 6.79. The van der Waals surface area contributed by atoms with Crippen LogP contribution in [0.5, 0.6) is 0 Å². The molecule has 1 aliphatic rings. The van der Waals surface area contributed by atoms with Crippen LogP contribution in [0.3, 0.4) is 0 Å². The number of likely N-dealkylation sites (tertiary alicyclic amines) is 1. The quantitative estimate of drug-likeness (QED) is 0.513. The molecular weight excluding hydrogens is 420 g/mol. The number of halogens is 1. The predicted octanol–water partition coefficient (Wildman–Crippen LogP) is 5.27. The first-order valence-electron chi connectivity index (χ1n) is 11.4. The number of carbonyl (C=O) groups excluding carboxylic acids is 1. The maximum absolute atomic E-state index is 13.4. The minimum Gasteiger partial charge on any atom is -0.336 e. The van der Waals surface area contributed by atoms with Crippen molar-refractivity contribution >= 4 is 17.5 Å². The Morgan fingerprint density at radius 2 is 1.75 bits per heavy atom. The summed E-state index contributed by atoms with van der Waals surface area (Å²) in [7, 11) is 1.91. The predicted molar refractivity (Wildman–Crippen MR) is 131 cm³/mol. The van der Waals surface area contributed by atoms with E-state index in [0.29, 0.717) is 16.8 Å². The molecule has 1 aliphatic heterocycles. The number of amides is 1. The smallest absolute Gasteiger partial charge is 0.274 e. The molecule has 1 unspecified atom stereocenters. The number of rotatable bonds is 6. The maximum Gasteiger partial charge on any atom is 0.274 e. The standard InChI is InChI=1S/C26H31ClN4O/c1-5-30(6-2)23-13-14-31(17-23)26(32)24-18(3)25(29(4)28-24)21-11-7-9-19(15-21)20-10-8-12-22(27)16-20/h7-12,15-16,23H,5-6,13-14,17H2,1-4H3. The van der Waals surface area contributed by atoms with Crippen LogP contribution in [0.1, 0.15) is 36.3 Å². The summed E-state index contributed by atoms with van der Waals surface area (Å²) in [4.78, 5) is 17.8. The molecule has 1 atom stereocenters. The lowest BCUT2D eigenvalue weighted by Gasteiger charge is -2.26. The van der Waals surface area contributed by atoms with Crippen LogP contribution in [0.4, 0.5) is 0 Å². The molecule has 0 bridgehead atoms. The van der Waals surface area contributed by atoms with Gasteiger partial charge in [-0.3, -0.25) is 14.4 Å². The molecule has 1 saturated heterocycles. The second-order valence-corrected chi connectivity index (χ2v) is 8.89. The molecule has 32 heavy (non-hydrogen) atoms. The van der Waals surface area contributed by atoms with Crippen molar-refractivity contribution in [2.75, 3.05) is 26.2 Å². The fourth-order valence-electron chi connectivity index (χ4n) is 4.86. The van der Waals surface area contributed by atoms with E-state index in [1.807, 2.05) is 47.8 Å². The van der Waals surface area contributed by atoms with E-state index in [1.54, 1.807) is 0 Å². The van der Waals surface area contributed by atoms with Crippen LogP contribution in [0, 0.1) is 6.92 Å². The number of aryl methyl sites for hydroxylation is 1. The first kappa shape index (κ1) is 22.6. The van der Waals surface area contributed by atoms with Crippen molar-refractivity contribution in [3.63, 3.8) is 0 Å². The Kier molecular flexibility index (Phi) is 6.68. The zero-order valence-electron chi connectivity index (χ0n) is 19.3. The van der Waals surface area contributed by atoms with Crippen LogP contribution in [-0.4, -0.2) is 57.7 Å². The molecule has 1 aromatic heterocycles. The van der Waals surface area contributed by atoms with Crippen LogP contribution >= 0.6 is 11.6 Å². The van der Waals surface area contributed by atoms with Crippen molar-refractivity contribution in [3.8, 4) is 22.4 Å². The minimum absolute atomic E-state index is 0.0324. The first-order valence-corrected chi connectivity index (χ1v) is 11.7. The van der Waals surface area contributed by atoms with Crippen LogP contribution in [0.15, 0.2) is 48.5 Å². The van der Waals surface area contributed by atoms with Gasteiger partial charge >= 0.3 is 0 Å². The molecule has 1 amide bonds. The Bertz CT molecular complexity index is 1120. The number of benzene rings is 2. The van der Waals surface area contributed by atoms with Gasteiger partial charge in [0.2, 0.25) is 0 Å². The molecule has 5 nitrogen and oxygen atoms in total. The molecule has 1 fully saturated rings. The summed E-state index contributed by atoms with van der Waals surface area (Å²) in [6.07, 6.45) is 1.02. The highest BCUT2D eigenvalue weighted by atomic mass is 35.5. The highest BCUT2D eigenvalue weighted by Gasteiger charge is 2.32. The van der Waals surface area contributed by atoms with E-state index in [0.717, 1.165) is 60.5 Å². The summed E-state index contributed by atoms with van der Waals surface area (Å²) >= 11 is 6.19. The van der Waals surface area contributed by atoms with Gasteiger partial charge in [0.15, 0.2) is 5.69 Å². The molecular formula is C26H31ClN4O. The summed E-state index contributed by atoms with van der Waals surface area (Å²) in [5, 5.41) is 5.36. The topological polar surface area (TPSA) is 41.4 Å². The van der Waals surface area contributed by atoms with Gasteiger partial charge in [0.05, 0.1) is 5.69 Å². The Morgan fingerprint density at radius 3 is 2.44 bits per heavy atom. The van der Waals surface area contributed by atoms with Gasteiger partial charge in [0, 0.05) is 42.3 Å². The second-order valence-electron chi connectivity index (χ2n) is 8.45. The zero-order chi connectivity index (χ0) is 22.8. The third-order valence-electron chi connectivity index (χ3n) is 6.56. The lowest BCUT2D eigenvalue weighted by Crippen LogP contribution is -2.38. The number of likely N-dealkylation sites (N-methyl/N-ethyl adjacent to an activating group) is 1. The fourth-order valence-corrected chi connectivity index (χ4v) is 5.05. The summed E-state index contributed by atoms with van der Waals surface area (Å²) in [6.45, 7) is 9.95. The Labute approximate surface area is 195 Å². The number of hydrogen-bond donors (Lipinski definition) is 0. The van der Waals surface area contributed by atoms with Crippen molar-refractivity contribution in [3.05, 3.63) is 64.8 Å². The normalized spacial score (nSPS) is 16.2. The van der Waals surface area contributed by atoms with E-state index in [9.17, 15) is 4.79 Å². The molecule has 168 valence electrons. The molecule has 0 radical (unpaired) electrons. The van der Waals surface area contributed by atoms with Gasteiger partial charge in [0.1, 0.15) is 0 Å². The van der Waals surface area contributed by atoms with Gasteiger partial charge in [-0.15, -0.1) is 0 Å². The van der Waals surface area contributed by atoms with Gasteiger partial charge in [-0.25, -0.2) is 0 Å². The van der Waals surface area contributed by atoms with Crippen molar-refractivity contribution in [1.29, 1.82) is 0 Å². The van der Waals surface area contributed by atoms with E-state index >= 15 is 0 Å². The van der Waals surface area contributed by atoms with Crippen LogP contribution < -0.4 is 0 Å². The summed E-state index contributed by atoms with van der Waals surface area (Å²) in [5.74, 6) is 0.0324. The summed E-state index contributed by atoms with van der Waals surface area (Å²) < 4.78 is 1.83. The maximum atomic E-state index is 13.4. The zero-order valence-corrected chi connectivity index (χ0v) is 20.1. The number of aromatic nitrogens is 2. The third kappa shape index (κ3) is 4.32. The average Bonchev–Trinajstić information content (AvgIpc) is 3.39.